The van der Waals surface area contributed by atoms with Gasteiger partial charge in [0.1, 0.15) is 6.07 Å². The first-order valence-corrected chi connectivity index (χ1v) is 15.9. The Kier molecular flexibility index (Phi) is 13.0. The number of nitrogens with zero attached hydrogens (tertiary/aromatic N) is 8. The molecule has 1 aliphatic heterocycles. The van der Waals surface area contributed by atoms with Gasteiger partial charge in [-0.2, -0.15) is 15.8 Å². The van der Waals surface area contributed by atoms with Gasteiger partial charge in [-0.05, 0) is 47.3 Å². The number of carbonyl (C=O) groups excluding carboxylic acids is 1. The summed E-state index contributed by atoms with van der Waals surface area (Å²) in [4.78, 5) is 19.4. The highest BCUT2D eigenvalue weighted by atomic mass is 16.5. The summed E-state index contributed by atoms with van der Waals surface area (Å²) in [6.45, 7) is 9.52. The average molecular weight is 668 g/mol. The molecule has 0 saturated carbocycles. The Morgan fingerprint density at radius 1 is 0.863 bits per heavy atom. The van der Waals surface area contributed by atoms with Crippen LogP contribution in [0.25, 0.3) is 21.4 Å². The molecular weight excluding hydrogens is 637 g/mol. The maximum atomic E-state index is 12.2. The summed E-state index contributed by atoms with van der Waals surface area (Å²) >= 11 is 0. The first-order chi connectivity index (χ1) is 24.9. The van der Waals surface area contributed by atoms with Crippen LogP contribution in [0.2, 0.25) is 0 Å². The molecule has 0 N–H and O–H groups in total. The molecule has 1 heterocycles. The second-order valence-corrected chi connectivity index (χ2v) is 11.1. The van der Waals surface area contributed by atoms with Gasteiger partial charge in [-0.3, -0.25) is 0 Å². The Morgan fingerprint density at radius 3 is 2.04 bits per heavy atom. The molecule has 1 aliphatic carbocycles. The highest BCUT2D eigenvalue weighted by Crippen LogP contribution is 2.36. The van der Waals surface area contributed by atoms with E-state index in [1.807, 2.05) is 42.3 Å². The lowest BCUT2D eigenvalue weighted by atomic mass is 9.94. The van der Waals surface area contributed by atoms with Crippen LogP contribution in [0.15, 0.2) is 136 Å². The van der Waals surface area contributed by atoms with Gasteiger partial charge in [0.2, 0.25) is 0 Å². The van der Waals surface area contributed by atoms with Crippen molar-refractivity contribution in [3.05, 3.63) is 164 Å². The van der Waals surface area contributed by atoms with Gasteiger partial charge in [-0.25, -0.2) is 20.8 Å². The van der Waals surface area contributed by atoms with Gasteiger partial charge in [0.25, 0.3) is 5.70 Å². The van der Waals surface area contributed by atoms with Gasteiger partial charge in [0, 0.05) is 43.0 Å². The fourth-order valence-electron chi connectivity index (χ4n) is 5.90. The second kappa shape index (κ2) is 18.2. The van der Waals surface area contributed by atoms with E-state index in [0.717, 1.165) is 16.8 Å². The van der Waals surface area contributed by atoms with Crippen molar-refractivity contribution in [1.29, 1.82) is 21.0 Å². The van der Waals surface area contributed by atoms with E-state index in [1.165, 1.54) is 7.11 Å². The molecule has 0 bridgehead atoms. The summed E-state index contributed by atoms with van der Waals surface area (Å²) < 4.78 is 4.91. The molecule has 51 heavy (non-hydrogen) atoms. The maximum absolute atomic E-state index is 12.2. The van der Waals surface area contributed by atoms with E-state index < -0.39 is 6.09 Å². The first kappa shape index (κ1) is 36.4. The summed E-state index contributed by atoms with van der Waals surface area (Å²) in [6.07, 6.45) is 11.4. The van der Waals surface area contributed by atoms with Crippen LogP contribution in [-0.2, 0) is 4.74 Å². The maximum Gasteiger partial charge on any atom is 0.409 e. The molecule has 2 aliphatic rings. The average Bonchev–Trinajstić information content (AvgIpc) is 3.59. The Morgan fingerprint density at radius 2 is 1.51 bits per heavy atom. The molecule has 0 atom stereocenters. The van der Waals surface area contributed by atoms with E-state index >= 15 is 0 Å². The quantitative estimate of drug-likeness (QED) is 0.117. The summed E-state index contributed by atoms with van der Waals surface area (Å²) in [5, 5.41) is 49.1. The number of ether oxygens (including phenoxy) is 1. The van der Waals surface area contributed by atoms with Crippen LogP contribution in [0.5, 0.6) is 0 Å². The lowest BCUT2D eigenvalue weighted by molar-refractivity contribution is 0.100. The lowest BCUT2D eigenvalue weighted by Gasteiger charge is -2.36. The molecule has 0 radical (unpaired) electrons. The van der Waals surface area contributed by atoms with E-state index in [9.17, 15) is 31.3 Å². The molecule has 4 rings (SSSR count). The van der Waals surface area contributed by atoms with Gasteiger partial charge in [-0.1, -0.05) is 85.0 Å². The molecule has 10 nitrogen and oxygen atoms in total. The van der Waals surface area contributed by atoms with Crippen molar-refractivity contribution >= 4 is 23.1 Å². The topological polar surface area (TPSA) is 155 Å². The van der Waals surface area contributed by atoms with E-state index in [-0.39, 0.29) is 33.6 Å². The Labute approximate surface area is 297 Å². The largest absolute Gasteiger partial charge is 0.762 e. The Balaban J connectivity index is 1.78. The highest BCUT2D eigenvalue weighted by molar-refractivity contribution is 5.97. The minimum Gasteiger partial charge on any atom is -0.762 e. The molecule has 248 valence electrons. The van der Waals surface area contributed by atoms with Gasteiger partial charge >= 0.3 is 6.09 Å². The van der Waals surface area contributed by atoms with Crippen LogP contribution in [0.3, 0.4) is 0 Å². The van der Waals surface area contributed by atoms with Crippen molar-refractivity contribution in [2.75, 3.05) is 33.3 Å². The number of methoxy groups -OCH3 is 1. The standard InChI is InChI=1S/C41H31N8O2/c1-47-37(29-46)39(31-13-7-4-8-14-31)35(26-43)18-10-16-33-20-19-32(40(33)48-21-23-49(24-22-48)41(50)51-2)15-9-17-34(25-42)38(36(27-44)28-45)30-11-5-3-6-12-30/h3-18H,19-24H2,2H3/q-1/b16-10+,17-9+,32-15+,35-18+,38-34-,39-37+. The third-order valence-corrected chi connectivity index (χ3v) is 8.25. The van der Waals surface area contributed by atoms with E-state index in [0.29, 0.717) is 50.1 Å². The minimum absolute atomic E-state index is 0.166. The number of rotatable bonds is 9. The molecule has 1 saturated heterocycles. The number of hydrogen-bond donors (Lipinski definition) is 0. The molecule has 2 aromatic carbocycles. The van der Waals surface area contributed by atoms with Gasteiger partial charge in [-0.15, -0.1) is 0 Å². The predicted octanol–water partition coefficient (Wildman–Crippen LogP) is 7.43. The Hall–Kier alpha value is -7.41. The third-order valence-electron chi connectivity index (χ3n) is 8.25. The lowest BCUT2D eigenvalue weighted by Crippen LogP contribution is -2.48. The monoisotopic (exact) mass is 667 g/mol. The predicted molar refractivity (Wildman–Crippen MR) is 194 cm³/mol. The highest BCUT2D eigenvalue weighted by Gasteiger charge is 2.28. The van der Waals surface area contributed by atoms with E-state index in [1.54, 1.807) is 77.7 Å². The van der Waals surface area contributed by atoms with Crippen molar-refractivity contribution in [3.8, 4) is 24.3 Å². The zero-order chi connectivity index (χ0) is 36.6. The van der Waals surface area contributed by atoms with Crippen molar-refractivity contribution in [1.82, 2.24) is 9.80 Å². The zero-order valence-corrected chi connectivity index (χ0v) is 27.9. The van der Waals surface area contributed by atoms with Gasteiger partial charge < -0.3 is 19.9 Å². The van der Waals surface area contributed by atoms with Crippen LogP contribution < -0.4 is 0 Å². The fourth-order valence-corrected chi connectivity index (χ4v) is 5.90. The number of piperazine rings is 1. The zero-order valence-electron chi connectivity index (χ0n) is 27.9. The van der Waals surface area contributed by atoms with Crippen LogP contribution in [0.4, 0.5) is 4.79 Å². The van der Waals surface area contributed by atoms with Crippen LogP contribution in [-0.4, -0.2) is 55.1 Å². The number of benzene rings is 2. The molecule has 1 amide bonds. The van der Waals surface area contributed by atoms with E-state index in [4.69, 9.17) is 11.3 Å². The molecule has 0 aromatic heterocycles. The first-order valence-electron chi connectivity index (χ1n) is 15.9. The van der Waals surface area contributed by atoms with Crippen LogP contribution in [0.1, 0.15) is 24.0 Å². The molecule has 2 aromatic rings. The number of allylic oxidation sites excluding steroid dienone is 14. The summed E-state index contributed by atoms with van der Waals surface area (Å²) in [7, 11) is 1.35. The van der Waals surface area contributed by atoms with Crippen LogP contribution in [0, 0.1) is 51.9 Å². The Bertz CT molecular complexity index is 2140. The smallest absolute Gasteiger partial charge is 0.409 e. The molecular formula is C41H31N8O2-. The summed E-state index contributed by atoms with van der Waals surface area (Å²) in [5.74, 6) is 1.91. The van der Waals surface area contributed by atoms with Crippen molar-refractivity contribution in [2.45, 2.75) is 12.8 Å². The normalized spacial score (nSPS) is 16.3. The summed E-state index contributed by atoms with van der Waals surface area (Å²) in [6, 6.07) is 25.8. The second-order valence-electron chi connectivity index (χ2n) is 11.1. The molecule has 0 unspecified atom stereocenters. The minimum atomic E-state index is -0.391. The van der Waals surface area contributed by atoms with Crippen molar-refractivity contribution in [3.63, 3.8) is 0 Å². The third kappa shape index (κ3) is 8.74. The number of amides is 1. The van der Waals surface area contributed by atoms with Gasteiger partial charge in [0.15, 0.2) is 0 Å². The SMILES string of the molecule is [C-]#[N+]/C(C#N)=C(/C(C#N)=C/C=C/C1=C(N2CCN(C(=O)OC)CC2)C(=C/C=C/C(C#N)=C(/C(=C=[N-])C#N)c2ccccc2)/CC1)c1ccccc1. The number of carbonyl (C=O) groups is 1. The molecule has 1 fully saturated rings. The number of hydrogen-bond acceptors (Lipinski definition) is 7. The van der Waals surface area contributed by atoms with Crippen molar-refractivity contribution in [2.24, 2.45) is 0 Å². The van der Waals surface area contributed by atoms with Gasteiger partial charge in [0.05, 0.1) is 48.6 Å². The molecule has 0 spiro atoms. The van der Waals surface area contributed by atoms with E-state index in [2.05, 4.69) is 21.9 Å². The molecule has 10 heteroatoms. The number of nitriles is 4. The van der Waals surface area contributed by atoms with Crippen LogP contribution >= 0.6 is 0 Å². The summed E-state index contributed by atoms with van der Waals surface area (Å²) in [5.41, 5.74) is 4.59. The fraction of sp³-hybridized carbons (Fsp3) is 0.171. The van der Waals surface area contributed by atoms with Crippen molar-refractivity contribution < 1.29 is 9.53 Å².